The van der Waals surface area contributed by atoms with Crippen LogP contribution in [0.3, 0.4) is 0 Å². The molecule has 1 aromatic rings. The predicted molar refractivity (Wildman–Crippen MR) is 80.9 cm³/mol. The molecule has 0 heterocycles. The van der Waals surface area contributed by atoms with Crippen LogP contribution in [0, 0.1) is 28.5 Å². The fourth-order valence-corrected chi connectivity index (χ4v) is 3.76. The van der Waals surface area contributed by atoms with E-state index in [1.165, 1.54) is 12.1 Å². The number of aliphatic hydroxyl groups is 1. The van der Waals surface area contributed by atoms with E-state index < -0.39 is 11.0 Å². The van der Waals surface area contributed by atoms with Crippen molar-refractivity contribution in [3.63, 3.8) is 0 Å². The molecule has 1 N–H and O–H groups in total. The highest BCUT2D eigenvalue weighted by Gasteiger charge is 2.52. The van der Waals surface area contributed by atoms with Gasteiger partial charge in [-0.1, -0.05) is 32.4 Å². The van der Waals surface area contributed by atoms with Crippen LogP contribution in [0.4, 0.5) is 4.39 Å². The summed E-state index contributed by atoms with van der Waals surface area (Å²) in [6, 6.07) is 8.48. The minimum absolute atomic E-state index is 0.366. The first-order valence-electron chi connectivity index (χ1n) is 7.91. The molecule has 1 aliphatic carbocycles. The lowest BCUT2D eigenvalue weighted by molar-refractivity contribution is -0.0879. The Bertz CT molecular complexity index is 528. The van der Waals surface area contributed by atoms with Gasteiger partial charge in [0.1, 0.15) is 11.4 Å². The summed E-state index contributed by atoms with van der Waals surface area (Å²) in [6.07, 6.45) is 4.82. The standard InChI is InChI=1S/C18H24FNO/c1-3-14-8-10-17(13-20,11-9-14)18(21,4-2)15-6-5-7-16(19)12-15/h5-7,12,14,21H,3-4,8-11H2,1-2H3. The van der Waals surface area contributed by atoms with Crippen molar-refractivity contribution in [3.8, 4) is 6.07 Å². The van der Waals surface area contributed by atoms with Crippen molar-refractivity contribution in [2.45, 2.75) is 58.0 Å². The molecule has 3 heteroatoms. The maximum Gasteiger partial charge on any atom is 0.123 e. The van der Waals surface area contributed by atoms with Gasteiger partial charge < -0.3 is 5.11 Å². The van der Waals surface area contributed by atoms with Crippen molar-refractivity contribution < 1.29 is 9.50 Å². The third kappa shape index (κ3) is 2.70. The smallest absolute Gasteiger partial charge is 0.123 e. The number of hydrogen-bond acceptors (Lipinski definition) is 2. The Morgan fingerprint density at radius 2 is 2.05 bits per heavy atom. The van der Waals surface area contributed by atoms with Crippen molar-refractivity contribution >= 4 is 0 Å². The molecule has 1 fully saturated rings. The van der Waals surface area contributed by atoms with Gasteiger partial charge in [-0.2, -0.15) is 5.26 Å². The summed E-state index contributed by atoms with van der Waals surface area (Å²) in [6.45, 7) is 4.04. The first-order valence-corrected chi connectivity index (χ1v) is 7.91. The molecule has 0 radical (unpaired) electrons. The summed E-state index contributed by atoms with van der Waals surface area (Å²) in [7, 11) is 0. The fourth-order valence-electron chi connectivity index (χ4n) is 3.76. The van der Waals surface area contributed by atoms with Gasteiger partial charge in [0.25, 0.3) is 0 Å². The largest absolute Gasteiger partial charge is 0.383 e. The number of hydrogen-bond donors (Lipinski definition) is 1. The molecule has 0 aliphatic heterocycles. The second-order valence-electron chi connectivity index (χ2n) is 6.27. The minimum Gasteiger partial charge on any atom is -0.383 e. The average Bonchev–Trinajstić information content (AvgIpc) is 2.54. The highest BCUT2D eigenvalue weighted by molar-refractivity contribution is 5.30. The Labute approximate surface area is 126 Å². The van der Waals surface area contributed by atoms with E-state index in [-0.39, 0.29) is 5.82 Å². The number of nitrogens with zero attached hydrogens (tertiary/aromatic N) is 1. The van der Waals surface area contributed by atoms with Gasteiger partial charge in [-0.05, 0) is 55.7 Å². The van der Waals surface area contributed by atoms with Crippen LogP contribution in [0.5, 0.6) is 0 Å². The van der Waals surface area contributed by atoms with Crippen molar-refractivity contribution in [2.75, 3.05) is 0 Å². The molecule has 0 saturated heterocycles. The molecule has 1 aliphatic rings. The van der Waals surface area contributed by atoms with Gasteiger partial charge in [0, 0.05) is 0 Å². The van der Waals surface area contributed by atoms with Crippen molar-refractivity contribution in [1.29, 1.82) is 5.26 Å². The number of benzene rings is 1. The molecule has 0 aromatic heterocycles. The van der Waals surface area contributed by atoms with Gasteiger partial charge in [-0.15, -0.1) is 0 Å². The molecule has 1 unspecified atom stereocenters. The quantitative estimate of drug-likeness (QED) is 0.884. The Morgan fingerprint density at radius 3 is 2.52 bits per heavy atom. The highest BCUT2D eigenvalue weighted by atomic mass is 19.1. The van der Waals surface area contributed by atoms with Gasteiger partial charge in [0.05, 0.1) is 11.5 Å². The molecule has 0 spiro atoms. The summed E-state index contributed by atoms with van der Waals surface area (Å²) < 4.78 is 13.6. The maximum atomic E-state index is 13.6. The zero-order valence-corrected chi connectivity index (χ0v) is 12.9. The molecule has 0 bridgehead atoms. The Hall–Kier alpha value is -1.40. The van der Waals surface area contributed by atoms with Crippen LogP contribution in [0.15, 0.2) is 24.3 Å². The lowest BCUT2D eigenvalue weighted by Crippen LogP contribution is -2.47. The van der Waals surface area contributed by atoms with Crippen molar-refractivity contribution in [3.05, 3.63) is 35.6 Å². The summed E-state index contributed by atoms with van der Waals surface area (Å²) in [5.41, 5.74) is -1.55. The van der Waals surface area contributed by atoms with Gasteiger partial charge in [0.2, 0.25) is 0 Å². The van der Waals surface area contributed by atoms with Crippen LogP contribution in [0.25, 0.3) is 0 Å². The van der Waals surface area contributed by atoms with Crippen LogP contribution in [-0.2, 0) is 5.60 Å². The Balaban J connectivity index is 2.40. The summed E-state index contributed by atoms with van der Waals surface area (Å²) in [5, 5.41) is 21.1. The van der Waals surface area contributed by atoms with Crippen LogP contribution >= 0.6 is 0 Å². The highest BCUT2D eigenvalue weighted by Crippen LogP contribution is 2.52. The van der Waals surface area contributed by atoms with Crippen LogP contribution in [0.1, 0.15) is 57.9 Å². The first kappa shape index (κ1) is 16.0. The molecule has 0 amide bonds. The first-order chi connectivity index (χ1) is 10.0. The van der Waals surface area contributed by atoms with E-state index in [0.29, 0.717) is 30.7 Å². The van der Waals surface area contributed by atoms with E-state index in [1.807, 2.05) is 6.92 Å². The van der Waals surface area contributed by atoms with Gasteiger partial charge in [-0.25, -0.2) is 4.39 Å². The van der Waals surface area contributed by atoms with Crippen LogP contribution < -0.4 is 0 Å². The third-order valence-electron chi connectivity index (χ3n) is 5.36. The van der Waals surface area contributed by atoms with Crippen LogP contribution in [0.2, 0.25) is 0 Å². The summed E-state index contributed by atoms with van der Waals surface area (Å²) >= 11 is 0. The molecule has 1 atom stereocenters. The van der Waals surface area contributed by atoms with Gasteiger partial charge >= 0.3 is 0 Å². The summed E-state index contributed by atoms with van der Waals surface area (Å²) in [4.78, 5) is 0. The second-order valence-corrected chi connectivity index (χ2v) is 6.27. The number of halogens is 1. The Kier molecular flexibility index (Phi) is 4.68. The summed E-state index contributed by atoms with van der Waals surface area (Å²) in [5.74, 6) is 0.273. The monoisotopic (exact) mass is 289 g/mol. The maximum absolute atomic E-state index is 13.6. The molecular formula is C18H24FNO. The molecule has 2 nitrogen and oxygen atoms in total. The minimum atomic E-state index is -1.28. The fraction of sp³-hybridized carbons (Fsp3) is 0.611. The lowest BCUT2D eigenvalue weighted by atomic mass is 9.59. The zero-order chi connectivity index (χ0) is 15.5. The normalized spacial score (nSPS) is 28.6. The Morgan fingerprint density at radius 1 is 1.38 bits per heavy atom. The molecule has 2 rings (SSSR count). The SMILES string of the molecule is CCC1CCC(C#N)(C(O)(CC)c2cccc(F)c2)CC1. The van der Waals surface area contributed by atoms with E-state index >= 15 is 0 Å². The predicted octanol–water partition coefficient (Wildman–Crippen LogP) is 4.53. The lowest BCUT2D eigenvalue weighted by Gasteiger charge is -2.46. The van der Waals surface area contributed by atoms with E-state index in [1.54, 1.807) is 12.1 Å². The molecular weight excluding hydrogens is 265 g/mol. The second kappa shape index (κ2) is 6.15. The molecule has 1 saturated carbocycles. The molecule has 1 aromatic carbocycles. The van der Waals surface area contributed by atoms with Crippen molar-refractivity contribution in [1.82, 2.24) is 0 Å². The van der Waals surface area contributed by atoms with E-state index in [4.69, 9.17) is 0 Å². The molecule has 114 valence electrons. The zero-order valence-electron chi connectivity index (χ0n) is 12.9. The van der Waals surface area contributed by atoms with Crippen LogP contribution in [-0.4, -0.2) is 5.11 Å². The van der Waals surface area contributed by atoms with E-state index in [0.717, 1.165) is 19.3 Å². The van der Waals surface area contributed by atoms with Crippen molar-refractivity contribution in [2.24, 2.45) is 11.3 Å². The molecule has 21 heavy (non-hydrogen) atoms. The van der Waals surface area contributed by atoms with E-state index in [2.05, 4.69) is 13.0 Å². The average molecular weight is 289 g/mol. The topological polar surface area (TPSA) is 44.0 Å². The number of rotatable bonds is 4. The number of nitriles is 1. The van der Waals surface area contributed by atoms with Gasteiger partial charge in [-0.3, -0.25) is 0 Å². The van der Waals surface area contributed by atoms with Gasteiger partial charge in [0.15, 0.2) is 0 Å². The van der Waals surface area contributed by atoms with E-state index in [9.17, 15) is 14.8 Å². The third-order valence-corrected chi connectivity index (χ3v) is 5.36.